The molecule has 6 nitrogen and oxygen atoms in total. The normalized spacial score (nSPS) is 14.8. The zero-order chi connectivity index (χ0) is 23.1. The minimum absolute atomic E-state index is 0.0441. The number of methoxy groups -OCH3 is 1. The van der Waals surface area contributed by atoms with E-state index in [4.69, 9.17) is 4.74 Å². The van der Waals surface area contributed by atoms with Crippen molar-refractivity contribution >= 4 is 15.9 Å². The van der Waals surface area contributed by atoms with Gasteiger partial charge in [0.15, 0.2) is 0 Å². The molecule has 0 saturated heterocycles. The number of benzene rings is 2. The molecule has 0 spiro atoms. The van der Waals surface area contributed by atoms with Gasteiger partial charge in [0.2, 0.25) is 10.0 Å². The lowest BCUT2D eigenvalue weighted by Crippen LogP contribution is -2.38. The molecule has 2 aromatic rings. The highest BCUT2D eigenvalue weighted by Crippen LogP contribution is 2.26. The zero-order valence-corrected chi connectivity index (χ0v) is 19.7. The Kier molecular flexibility index (Phi) is 8.10. The van der Waals surface area contributed by atoms with Gasteiger partial charge in [0.05, 0.1) is 12.0 Å². The molecule has 1 amide bonds. The predicted octanol–water partition coefficient (Wildman–Crippen LogP) is 4.48. The Morgan fingerprint density at radius 3 is 2.25 bits per heavy atom. The number of carbonyl (C=O) groups is 1. The quantitative estimate of drug-likeness (QED) is 0.522. The van der Waals surface area contributed by atoms with Crippen molar-refractivity contribution < 1.29 is 17.9 Å². The van der Waals surface area contributed by atoms with Crippen molar-refractivity contribution in [2.45, 2.75) is 49.6 Å². The molecular formula is C25H32N2O4S. The summed E-state index contributed by atoms with van der Waals surface area (Å²) >= 11 is 0. The first-order valence-electron chi connectivity index (χ1n) is 11.0. The van der Waals surface area contributed by atoms with E-state index in [0.717, 1.165) is 37.0 Å². The number of ether oxygens (including phenoxy) is 1. The van der Waals surface area contributed by atoms with Gasteiger partial charge in [0.1, 0.15) is 5.75 Å². The van der Waals surface area contributed by atoms with Crippen molar-refractivity contribution in [1.82, 2.24) is 9.21 Å². The van der Waals surface area contributed by atoms with Crippen molar-refractivity contribution in [3.05, 3.63) is 72.3 Å². The smallest absolute Gasteiger partial charge is 0.254 e. The lowest BCUT2D eigenvalue weighted by Gasteiger charge is -2.30. The van der Waals surface area contributed by atoms with Gasteiger partial charge in [-0.2, -0.15) is 4.31 Å². The van der Waals surface area contributed by atoms with Crippen molar-refractivity contribution in [1.29, 1.82) is 0 Å². The molecule has 1 aliphatic rings. The van der Waals surface area contributed by atoms with E-state index in [9.17, 15) is 13.2 Å². The zero-order valence-electron chi connectivity index (χ0n) is 18.9. The lowest BCUT2D eigenvalue weighted by molar-refractivity contribution is 0.0762. The highest BCUT2D eigenvalue weighted by molar-refractivity contribution is 7.89. The van der Waals surface area contributed by atoms with Crippen LogP contribution in [0.4, 0.5) is 0 Å². The van der Waals surface area contributed by atoms with E-state index in [1.54, 1.807) is 37.3 Å². The number of nitrogens with zero attached hydrogens (tertiary/aromatic N) is 2. The first kappa shape index (κ1) is 24.0. The van der Waals surface area contributed by atoms with Crippen LogP contribution in [0.15, 0.2) is 66.1 Å². The minimum atomic E-state index is -3.59. The Labute approximate surface area is 191 Å². The second kappa shape index (κ2) is 10.8. The second-order valence-electron chi connectivity index (χ2n) is 8.16. The SMILES string of the molecule is C=CCN(Cc1ccc(OC)cc1)C(=O)c1ccc(S(=O)(=O)N(C)C2CCCCC2)cc1. The topological polar surface area (TPSA) is 66.9 Å². The number of hydrogen-bond acceptors (Lipinski definition) is 4. The van der Waals surface area contributed by atoms with Crippen LogP contribution in [-0.4, -0.2) is 50.3 Å². The van der Waals surface area contributed by atoms with Gasteiger partial charge in [0, 0.05) is 31.7 Å². The summed E-state index contributed by atoms with van der Waals surface area (Å²) in [6, 6.07) is 13.8. The number of sulfonamides is 1. The van der Waals surface area contributed by atoms with E-state index >= 15 is 0 Å². The van der Waals surface area contributed by atoms with Gasteiger partial charge in [-0.25, -0.2) is 8.42 Å². The molecule has 0 atom stereocenters. The number of rotatable bonds is 9. The Morgan fingerprint density at radius 1 is 1.06 bits per heavy atom. The van der Waals surface area contributed by atoms with Crippen molar-refractivity contribution in [2.75, 3.05) is 20.7 Å². The molecular weight excluding hydrogens is 424 g/mol. The molecule has 0 radical (unpaired) electrons. The van der Waals surface area contributed by atoms with Gasteiger partial charge in [-0.15, -0.1) is 6.58 Å². The highest BCUT2D eigenvalue weighted by atomic mass is 32.2. The van der Waals surface area contributed by atoms with Crippen LogP contribution in [0.25, 0.3) is 0 Å². The van der Waals surface area contributed by atoms with Crippen LogP contribution >= 0.6 is 0 Å². The maximum Gasteiger partial charge on any atom is 0.254 e. The summed E-state index contributed by atoms with van der Waals surface area (Å²) in [4.78, 5) is 15.0. The monoisotopic (exact) mass is 456 g/mol. The Balaban J connectivity index is 1.74. The molecule has 172 valence electrons. The first-order chi connectivity index (χ1) is 15.4. The van der Waals surface area contributed by atoms with Gasteiger partial charge >= 0.3 is 0 Å². The van der Waals surface area contributed by atoms with Crippen LogP contribution < -0.4 is 4.74 Å². The van der Waals surface area contributed by atoms with Gasteiger partial charge < -0.3 is 9.64 Å². The molecule has 1 fully saturated rings. The molecule has 0 aromatic heterocycles. The van der Waals surface area contributed by atoms with Gasteiger partial charge in [-0.1, -0.05) is 37.5 Å². The average Bonchev–Trinajstić information content (AvgIpc) is 2.84. The van der Waals surface area contributed by atoms with Crippen molar-refractivity contribution in [3.63, 3.8) is 0 Å². The molecule has 0 aliphatic heterocycles. The largest absolute Gasteiger partial charge is 0.497 e. The van der Waals surface area contributed by atoms with E-state index in [0.29, 0.717) is 18.7 Å². The van der Waals surface area contributed by atoms with Gasteiger partial charge in [-0.3, -0.25) is 4.79 Å². The third-order valence-electron chi connectivity index (χ3n) is 6.04. The third-order valence-corrected chi connectivity index (χ3v) is 7.96. The highest BCUT2D eigenvalue weighted by Gasteiger charge is 2.29. The maximum atomic E-state index is 13.1. The molecule has 0 N–H and O–H groups in total. The summed E-state index contributed by atoms with van der Waals surface area (Å²) in [5.41, 5.74) is 1.41. The summed E-state index contributed by atoms with van der Waals surface area (Å²) in [5, 5.41) is 0. The predicted molar refractivity (Wildman–Crippen MR) is 126 cm³/mol. The number of carbonyl (C=O) groups excluding carboxylic acids is 1. The minimum Gasteiger partial charge on any atom is -0.497 e. The Hall–Kier alpha value is -2.64. The molecule has 0 bridgehead atoms. The van der Waals surface area contributed by atoms with Crippen LogP contribution in [0.3, 0.4) is 0 Å². The van der Waals surface area contributed by atoms with Crippen LogP contribution in [0, 0.1) is 0 Å². The van der Waals surface area contributed by atoms with Crippen molar-refractivity contribution in [3.8, 4) is 5.75 Å². The fourth-order valence-electron chi connectivity index (χ4n) is 4.09. The van der Waals surface area contributed by atoms with Crippen LogP contribution in [-0.2, 0) is 16.6 Å². The molecule has 3 rings (SSSR count). The van der Waals surface area contributed by atoms with Gasteiger partial charge in [-0.05, 0) is 54.8 Å². The van der Waals surface area contributed by atoms with Crippen LogP contribution in [0.5, 0.6) is 5.75 Å². The third kappa shape index (κ3) is 5.58. The van der Waals surface area contributed by atoms with E-state index in [1.165, 1.54) is 22.9 Å². The standard InChI is InChI=1S/C25H32N2O4S/c1-4-18-27(19-20-10-14-23(31-3)15-11-20)25(28)21-12-16-24(17-13-21)32(29,30)26(2)22-8-6-5-7-9-22/h4,10-17,22H,1,5-9,18-19H2,2-3H3. The first-order valence-corrected chi connectivity index (χ1v) is 12.4. The van der Waals surface area contributed by atoms with E-state index in [1.807, 2.05) is 24.3 Å². The summed E-state index contributed by atoms with van der Waals surface area (Å²) in [7, 11) is -0.318. The summed E-state index contributed by atoms with van der Waals surface area (Å²) < 4.78 is 32.8. The van der Waals surface area contributed by atoms with Crippen molar-refractivity contribution in [2.24, 2.45) is 0 Å². The molecule has 0 unspecified atom stereocenters. The lowest BCUT2D eigenvalue weighted by atomic mass is 9.96. The molecule has 1 saturated carbocycles. The number of amides is 1. The number of hydrogen-bond donors (Lipinski definition) is 0. The summed E-state index contributed by atoms with van der Waals surface area (Å²) in [5.74, 6) is 0.579. The molecule has 32 heavy (non-hydrogen) atoms. The van der Waals surface area contributed by atoms with E-state index in [2.05, 4.69) is 6.58 Å². The molecule has 2 aromatic carbocycles. The summed E-state index contributed by atoms with van der Waals surface area (Å²) in [6.07, 6.45) is 6.76. The van der Waals surface area contributed by atoms with E-state index in [-0.39, 0.29) is 16.8 Å². The molecule has 1 aliphatic carbocycles. The fourth-order valence-corrected chi connectivity index (χ4v) is 5.50. The van der Waals surface area contributed by atoms with Crippen LogP contribution in [0.1, 0.15) is 48.0 Å². The summed E-state index contributed by atoms with van der Waals surface area (Å²) in [6.45, 7) is 4.56. The fraction of sp³-hybridized carbons (Fsp3) is 0.400. The maximum absolute atomic E-state index is 13.1. The Morgan fingerprint density at radius 2 is 1.69 bits per heavy atom. The molecule has 7 heteroatoms. The van der Waals surface area contributed by atoms with Crippen LogP contribution in [0.2, 0.25) is 0 Å². The Bertz CT molecular complexity index is 1010. The molecule has 0 heterocycles. The van der Waals surface area contributed by atoms with Gasteiger partial charge in [0.25, 0.3) is 5.91 Å². The average molecular weight is 457 g/mol. The van der Waals surface area contributed by atoms with E-state index < -0.39 is 10.0 Å². The second-order valence-corrected chi connectivity index (χ2v) is 10.2.